The SMILES string of the molecule is CC(C)CN1C[C@H](Cl)C1=O. The molecule has 0 radical (unpaired) electrons. The molecule has 1 aliphatic heterocycles. The minimum Gasteiger partial charge on any atom is -0.339 e. The molecule has 1 amide bonds. The summed E-state index contributed by atoms with van der Waals surface area (Å²) < 4.78 is 0. The molecule has 58 valence electrons. The molecule has 3 heteroatoms. The lowest BCUT2D eigenvalue weighted by Crippen LogP contribution is -2.54. The zero-order chi connectivity index (χ0) is 7.72. The molecule has 2 nitrogen and oxygen atoms in total. The quantitative estimate of drug-likeness (QED) is 0.439. The molecule has 1 saturated heterocycles. The number of hydrogen-bond acceptors (Lipinski definition) is 1. The van der Waals surface area contributed by atoms with Crippen LogP contribution >= 0.6 is 11.6 Å². The standard InChI is InChI=1S/C7H12ClNO/c1-5(2)3-9-4-6(8)7(9)10/h5-6H,3-4H2,1-2H3/t6-/m0/s1. The summed E-state index contributed by atoms with van der Waals surface area (Å²) in [5.74, 6) is 0.642. The highest BCUT2D eigenvalue weighted by atomic mass is 35.5. The van der Waals surface area contributed by atoms with Gasteiger partial charge >= 0.3 is 0 Å². The summed E-state index contributed by atoms with van der Waals surface area (Å²) in [4.78, 5) is 12.7. The average Bonchev–Trinajstić information content (AvgIpc) is 1.86. The van der Waals surface area contributed by atoms with Crippen LogP contribution in [0.25, 0.3) is 0 Å². The number of carbonyl (C=O) groups excluding carboxylic acids is 1. The van der Waals surface area contributed by atoms with E-state index in [-0.39, 0.29) is 11.3 Å². The Bertz CT molecular complexity index is 147. The summed E-state index contributed by atoms with van der Waals surface area (Å²) >= 11 is 5.59. The second kappa shape index (κ2) is 2.79. The molecule has 0 N–H and O–H groups in total. The Morgan fingerprint density at radius 1 is 1.80 bits per heavy atom. The first-order valence-electron chi connectivity index (χ1n) is 3.54. The highest BCUT2D eigenvalue weighted by molar-refractivity contribution is 6.33. The van der Waals surface area contributed by atoms with Crippen LogP contribution in [-0.4, -0.2) is 29.3 Å². The van der Waals surface area contributed by atoms with Gasteiger partial charge < -0.3 is 4.90 Å². The second-order valence-electron chi connectivity index (χ2n) is 3.10. The number of alkyl halides is 1. The van der Waals surface area contributed by atoms with E-state index in [2.05, 4.69) is 13.8 Å². The van der Waals surface area contributed by atoms with Gasteiger partial charge in [-0.3, -0.25) is 4.79 Å². The first kappa shape index (κ1) is 7.86. The van der Waals surface area contributed by atoms with Crippen molar-refractivity contribution in [3.8, 4) is 0 Å². The first-order chi connectivity index (χ1) is 4.61. The van der Waals surface area contributed by atoms with E-state index in [0.29, 0.717) is 5.92 Å². The second-order valence-corrected chi connectivity index (χ2v) is 3.63. The maximum absolute atomic E-state index is 10.9. The van der Waals surface area contributed by atoms with Crippen molar-refractivity contribution in [1.82, 2.24) is 4.90 Å². The zero-order valence-electron chi connectivity index (χ0n) is 6.30. The fraction of sp³-hybridized carbons (Fsp3) is 0.857. The maximum Gasteiger partial charge on any atom is 0.242 e. The molecule has 1 aliphatic rings. The topological polar surface area (TPSA) is 20.3 Å². The van der Waals surface area contributed by atoms with E-state index in [0.717, 1.165) is 13.1 Å². The van der Waals surface area contributed by atoms with E-state index in [4.69, 9.17) is 11.6 Å². The molecule has 1 atom stereocenters. The molecule has 0 bridgehead atoms. The molecule has 0 aromatic rings. The van der Waals surface area contributed by atoms with Gasteiger partial charge in [-0.05, 0) is 5.92 Å². The summed E-state index contributed by atoms with van der Waals surface area (Å²) in [6.45, 7) is 5.77. The van der Waals surface area contributed by atoms with Crippen LogP contribution in [0, 0.1) is 5.92 Å². The summed E-state index contributed by atoms with van der Waals surface area (Å²) in [6, 6.07) is 0. The first-order valence-corrected chi connectivity index (χ1v) is 3.97. The van der Waals surface area contributed by atoms with Crippen molar-refractivity contribution in [3.05, 3.63) is 0 Å². The van der Waals surface area contributed by atoms with Crippen LogP contribution in [0.4, 0.5) is 0 Å². The number of amides is 1. The van der Waals surface area contributed by atoms with Crippen molar-refractivity contribution in [2.24, 2.45) is 5.92 Å². The van der Waals surface area contributed by atoms with E-state index in [1.54, 1.807) is 4.90 Å². The number of halogens is 1. The van der Waals surface area contributed by atoms with Gasteiger partial charge in [-0.25, -0.2) is 0 Å². The van der Waals surface area contributed by atoms with Gasteiger partial charge in [0.15, 0.2) is 0 Å². The predicted molar refractivity (Wildman–Crippen MR) is 41.1 cm³/mol. The summed E-state index contributed by atoms with van der Waals surface area (Å²) in [7, 11) is 0. The Balaban J connectivity index is 2.27. The molecule has 1 fully saturated rings. The van der Waals surface area contributed by atoms with E-state index < -0.39 is 0 Å². The van der Waals surface area contributed by atoms with Gasteiger partial charge in [-0.15, -0.1) is 11.6 Å². The van der Waals surface area contributed by atoms with Gasteiger partial charge in [0.25, 0.3) is 0 Å². The van der Waals surface area contributed by atoms with Crippen LogP contribution in [-0.2, 0) is 4.79 Å². The molecule has 0 spiro atoms. The highest BCUT2D eigenvalue weighted by Crippen LogP contribution is 2.16. The normalized spacial score (nSPS) is 25.4. The van der Waals surface area contributed by atoms with Crippen LogP contribution < -0.4 is 0 Å². The molecule has 0 aromatic carbocycles. The van der Waals surface area contributed by atoms with E-state index in [9.17, 15) is 4.79 Å². The molecular weight excluding hydrogens is 150 g/mol. The minimum atomic E-state index is -0.237. The van der Waals surface area contributed by atoms with Gasteiger partial charge in [0.2, 0.25) is 5.91 Å². The number of carbonyl (C=O) groups is 1. The van der Waals surface area contributed by atoms with Crippen molar-refractivity contribution in [2.45, 2.75) is 19.2 Å². The average molecular weight is 162 g/mol. The number of nitrogens with zero attached hydrogens (tertiary/aromatic N) is 1. The molecule has 0 saturated carbocycles. The van der Waals surface area contributed by atoms with Gasteiger partial charge in [0, 0.05) is 13.1 Å². The Morgan fingerprint density at radius 2 is 2.40 bits per heavy atom. The minimum absolute atomic E-state index is 0.0929. The molecule has 1 heterocycles. The van der Waals surface area contributed by atoms with E-state index in [1.807, 2.05) is 0 Å². The monoisotopic (exact) mass is 161 g/mol. The van der Waals surface area contributed by atoms with Crippen LogP contribution in [0.5, 0.6) is 0 Å². The summed E-state index contributed by atoms with van der Waals surface area (Å²) in [5.41, 5.74) is 0. The van der Waals surface area contributed by atoms with Crippen LogP contribution in [0.3, 0.4) is 0 Å². The Morgan fingerprint density at radius 3 is 2.70 bits per heavy atom. The van der Waals surface area contributed by atoms with Crippen molar-refractivity contribution in [1.29, 1.82) is 0 Å². The lowest BCUT2D eigenvalue weighted by atomic mass is 10.1. The number of rotatable bonds is 2. The third-order valence-electron chi connectivity index (χ3n) is 1.55. The fourth-order valence-electron chi connectivity index (χ4n) is 1.05. The van der Waals surface area contributed by atoms with E-state index >= 15 is 0 Å². The van der Waals surface area contributed by atoms with Crippen molar-refractivity contribution < 1.29 is 4.79 Å². The van der Waals surface area contributed by atoms with Crippen molar-refractivity contribution >= 4 is 17.5 Å². The largest absolute Gasteiger partial charge is 0.339 e. The van der Waals surface area contributed by atoms with Crippen LogP contribution in [0.2, 0.25) is 0 Å². The Kier molecular flexibility index (Phi) is 2.19. The molecule has 0 unspecified atom stereocenters. The lowest BCUT2D eigenvalue weighted by molar-refractivity contribution is -0.139. The van der Waals surface area contributed by atoms with Gasteiger partial charge in [0.1, 0.15) is 5.38 Å². The Labute approximate surface area is 66.1 Å². The smallest absolute Gasteiger partial charge is 0.242 e. The summed E-state index contributed by atoms with van der Waals surface area (Å²) in [6.07, 6.45) is 0. The molecular formula is C7H12ClNO. The van der Waals surface area contributed by atoms with Gasteiger partial charge in [-0.1, -0.05) is 13.8 Å². The fourth-order valence-corrected chi connectivity index (χ4v) is 1.36. The third-order valence-corrected chi connectivity index (χ3v) is 1.87. The van der Waals surface area contributed by atoms with Crippen molar-refractivity contribution in [2.75, 3.05) is 13.1 Å². The molecule has 1 rings (SSSR count). The predicted octanol–water partition coefficient (Wildman–Crippen LogP) is 1.09. The Hall–Kier alpha value is -0.240. The lowest BCUT2D eigenvalue weighted by Gasteiger charge is -2.36. The number of β-lactam (4-membered cyclic amide) rings is 1. The third kappa shape index (κ3) is 1.43. The van der Waals surface area contributed by atoms with E-state index in [1.165, 1.54) is 0 Å². The van der Waals surface area contributed by atoms with Crippen molar-refractivity contribution in [3.63, 3.8) is 0 Å². The molecule has 10 heavy (non-hydrogen) atoms. The van der Waals surface area contributed by atoms with Gasteiger partial charge in [0.05, 0.1) is 0 Å². The number of likely N-dealkylation sites (tertiary alicyclic amines) is 1. The highest BCUT2D eigenvalue weighted by Gasteiger charge is 2.34. The van der Waals surface area contributed by atoms with Crippen LogP contribution in [0.15, 0.2) is 0 Å². The van der Waals surface area contributed by atoms with Gasteiger partial charge in [-0.2, -0.15) is 0 Å². The number of hydrogen-bond donors (Lipinski definition) is 0. The zero-order valence-corrected chi connectivity index (χ0v) is 7.06. The summed E-state index contributed by atoms with van der Waals surface area (Å²) in [5, 5.41) is -0.237. The molecule has 0 aromatic heterocycles. The maximum atomic E-state index is 10.9. The molecule has 0 aliphatic carbocycles. The van der Waals surface area contributed by atoms with Crippen LogP contribution in [0.1, 0.15) is 13.8 Å².